The van der Waals surface area contributed by atoms with Gasteiger partial charge in [-0.25, -0.2) is 4.57 Å². The lowest BCUT2D eigenvalue weighted by Gasteiger charge is -2.15. The highest BCUT2D eigenvalue weighted by atomic mass is 16.2. The zero-order valence-corrected chi connectivity index (χ0v) is 14.6. The molecule has 0 spiro atoms. The van der Waals surface area contributed by atoms with E-state index in [1.807, 2.05) is 20.8 Å². The minimum absolute atomic E-state index is 0.163. The van der Waals surface area contributed by atoms with Crippen LogP contribution < -0.4 is 5.73 Å². The van der Waals surface area contributed by atoms with Gasteiger partial charge in [-0.1, -0.05) is 20.8 Å². The van der Waals surface area contributed by atoms with Crippen molar-refractivity contribution in [2.45, 2.75) is 33.1 Å². The molecule has 0 saturated carbocycles. The largest absolute Gasteiger partial charge is 0.382 e. The number of carbonyl (C=O) groups is 1. The summed E-state index contributed by atoms with van der Waals surface area (Å²) in [6.07, 6.45) is 0. The Bertz CT molecular complexity index is 957. The van der Waals surface area contributed by atoms with Crippen molar-refractivity contribution >= 4 is 23.4 Å². The molecule has 0 unspecified atom stereocenters. The molecule has 2 aromatic heterocycles. The second kappa shape index (κ2) is 6.17. The number of rotatable bonds is 2. The van der Waals surface area contributed by atoms with Gasteiger partial charge < -0.3 is 5.73 Å². The van der Waals surface area contributed by atoms with Crippen molar-refractivity contribution in [3.8, 4) is 12.1 Å². The van der Waals surface area contributed by atoms with Gasteiger partial charge in [0.15, 0.2) is 17.1 Å². The molecule has 2 N–H and O–H groups in total. The number of aryl methyl sites for hydroxylation is 1. The number of hydrogen-bond acceptors (Lipinski definition) is 8. The number of aromatic nitrogens is 4. The highest BCUT2D eigenvalue weighted by Gasteiger charge is 2.26. The van der Waals surface area contributed by atoms with Crippen LogP contribution in [0.15, 0.2) is 10.2 Å². The Hall–Kier alpha value is -3.53. The van der Waals surface area contributed by atoms with E-state index in [0.29, 0.717) is 17.2 Å². The molecule has 0 aliphatic rings. The minimum Gasteiger partial charge on any atom is -0.382 e. The number of imidazole rings is 1. The van der Waals surface area contributed by atoms with Gasteiger partial charge in [0, 0.05) is 19.4 Å². The number of carbonyl (C=O) groups excluding carboxylic acids is 1. The first-order valence-corrected chi connectivity index (χ1v) is 7.30. The Kier molecular flexibility index (Phi) is 4.40. The predicted molar refractivity (Wildman–Crippen MR) is 88.5 cm³/mol. The zero-order valence-electron chi connectivity index (χ0n) is 14.6. The summed E-state index contributed by atoms with van der Waals surface area (Å²) in [5.41, 5.74) is 6.26. The molecule has 25 heavy (non-hydrogen) atoms. The molecule has 0 radical (unpaired) electrons. The van der Waals surface area contributed by atoms with Crippen LogP contribution in [-0.4, -0.2) is 25.2 Å². The zero-order chi connectivity index (χ0) is 18.9. The molecule has 0 aromatic carbocycles. The van der Waals surface area contributed by atoms with Crippen molar-refractivity contribution < 1.29 is 4.79 Å². The fraction of sp³-hybridized carbons (Fsp3) is 0.400. The lowest BCUT2D eigenvalue weighted by molar-refractivity contribution is 0.0937. The Balaban J connectivity index is 2.63. The Morgan fingerprint density at radius 1 is 1.24 bits per heavy atom. The molecule has 0 aliphatic carbocycles. The number of hydrogen-bond donors (Lipinski definition) is 1. The smallest absolute Gasteiger partial charge is 0.258 e. The number of nitriles is 2. The lowest BCUT2D eigenvalue weighted by atomic mass is 9.91. The molecule has 0 bridgehead atoms. The summed E-state index contributed by atoms with van der Waals surface area (Å²) in [6.45, 7) is 7.09. The summed E-state index contributed by atoms with van der Waals surface area (Å²) in [7, 11) is 1.68. The summed E-state index contributed by atoms with van der Waals surface area (Å²) in [6, 6.07) is 3.54. The van der Waals surface area contributed by atoms with Crippen LogP contribution >= 0.6 is 0 Å². The van der Waals surface area contributed by atoms with Crippen LogP contribution in [0.1, 0.15) is 49.6 Å². The quantitative estimate of drug-likeness (QED) is 0.829. The maximum atomic E-state index is 11.8. The standard InChI is InChI=1S/C15H17N9O/c1-8(25)24-10(7-17)9(6-16)19-14(24)21-20-11-12(15(2,3)4)22-23(5)13(11)18/h18H2,1-5H3/b21-20+. The van der Waals surface area contributed by atoms with E-state index in [-0.39, 0.29) is 22.8 Å². The molecule has 2 heterocycles. The first-order chi connectivity index (χ1) is 11.6. The molecular formula is C15H17N9O. The molecule has 10 nitrogen and oxygen atoms in total. The molecule has 128 valence electrons. The number of nitrogens with zero attached hydrogens (tertiary/aromatic N) is 8. The molecule has 10 heteroatoms. The van der Waals surface area contributed by atoms with Crippen molar-refractivity contribution in [3.63, 3.8) is 0 Å². The maximum Gasteiger partial charge on any atom is 0.258 e. The number of nitrogen functional groups attached to an aromatic ring is 1. The van der Waals surface area contributed by atoms with Gasteiger partial charge in [0.25, 0.3) is 5.95 Å². The number of azo groups is 1. The van der Waals surface area contributed by atoms with E-state index < -0.39 is 5.91 Å². The highest BCUT2D eigenvalue weighted by Crippen LogP contribution is 2.36. The number of anilines is 1. The summed E-state index contributed by atoms with van der Waals surface area (Å²) < 4.78 is 2.42. The van der Waals surface area contributed by atoms with Crippen LogP contribution in [0.2, 0.25) is 0 Å². The van der Waals surface area contributed by atoms with Gasteiger partial charge in [0.05, 0.1) is 5.69 Å². The van der Waals surface area contributed by atoms with Crippen LogP contribution in [0, 0.1) is 22.7 Å². The molecule has 2 aromatic rings. The van der Waals surface area contributed by atoms with E-state index in [2.05, 4.69) is 20.3 Å². The number of nitrogens with two attached hydrogens (primary N) is 1. The van der Waals surface area contributed by atoms with E-state index >= 15 is 0 Å². The van der Waals surface area contributed by atoms with Crippen LogP contribution in [-0.2, 0) is 12.5 Å². The Labute approximate surface area is 144 Å². The minimum atomic E-state index is -0.505. The molecular weight excluding hydrogens is 322 g/mol. The predicted octanol–water partition coefficient (Wildman–Crippen LogP) is 2.32. The van der Waals surface area contributed by atoms with Gasteiger partial charge in [-0.05, 0) is 0 Å². The van der Waals surface area contributed by atoms with Crippen molar-refractivity contribution in [1.82, 2.24) is 19.3 Å². The molecule has 0 aliphatic heterocycles. The summed E-state index contributed by atoms with van der Waals surface area (Å²) in [4.78, 5) is 15.7. The van der Waals surface area contributed by atoms with Crippen LogP contribution in [0.25, 0.3) is 0 Å². The fourth-order valence-electron chi connectivity index (χ4n) is 2.18. The molecule has 0 atom stereocenters. The van der Waals surface area contributed by atoms with Gasteiger partial charge in [0.2, 0.25) is 5.91 Å². The van der Waals surface area contributed by atoms with Gasteiger partial charge in [-0.15, -0.1) is 10.2 Å². The van der Waals surface area contributed by atoms with Gasteiger partial charge in [-0.3, -0.25) is 9.48 Å². The first-order valence-electron chi connectivity index (χ1n) is 7.30. The third-order valence-electron chi connectivity index (χ3n) is 3.40. The van der Waals surface area contributed by atoms with Gasteiger partial charge in [0.1, 0.15) is 18.0 Å². The highest BCUT2D eigenvalue weighted by molar-refractivity contribution is 5.81. The second-order valence-electron chi connectivity index (χ2n) is 6.34. The molecule has 0 saturated heterocycles. The molecule has 0 fully saturated rings. The molecule has 0 amide bonds. The van der Waals surface area contributed by atoms with E-state index in [9.17, 15) is 4.79 Å². The summed E-state index contributed by atoms with van der Waals surface area (Å²) in [5.74, 6) is -0.367. The van der Waals surface area contributed by atoms with E-state index in [4.69, 9.17) is 16.3 Å². The SMILES string of the molecule is CC(=O)n1c(/N=N/c2c(C(C)(C)C)nn(C)c2N)nc(C#N)c1C#N. The fourth-order valence-corrected chi connectivity index (χ4v) is 2.18. The third-order valence-corrected chi connectivity index (χ3v) is 3.40. The van der Waals surface area contributed by atoms with Crippen molar-refractivity contribution in [1.29, 1.82) is 10.5 Å². The van der Waals surface area contributed by atoms with E-state index in [0.717, 1.165) is 4.57 Å². The van der Waals surface area contributed by atoms with Gasteiger partial charge >= 0.3 is 0 Å². The van der Waals surface area contributed by atoms with E-state index in [1.165, 1.54) is 11.6 Å². The van der Waals surface area contributed by atoms with Crippen molar-refractivity contribution in [3.05, 3.63) is 17.1 Å². The maximum absolute atomic E-state index is 11.8. The summed E-state index contributed by atoms with van der Waals surface area (Å²) in [5, 5.41) is 30.6. The van der Waals surface area contributed by atoms with Crippen molar-refractivity contribution in [2.24, 2.45) is 17.3 Å². The normalized spacial score (nSPS) is 11.5. The lowest BCUT2D eigenvalue weighted by Crippen LogP contribution is -2.12. The van der Waals surface area contributed by atoms with E-state index in [1.54, 1.807) is 19.2 Å². The van der Waals surface area contributed by atoms with Gasteiger partial charge in [-0.2, -0.15) is 20.6 Å². The first kappa shape index (κ1) is 17.8. The van der Waals surface area contributed by atoms with Crippen molar-refractivity contribution in [2.75, 3.05) is 5.73 Å². The topological polar surface area (TPSA) is 151 Å². The second-order valence-corrected chi connectivity index (χ2v) is 6.34. The van der Waals surface area contributed by atoms with Crippen LogP contribution in [0.5, 0.6) is 0 Å². The van der Waals surface area contributed by atoms with Crippen LogP contribution in [0.3, 0.4) is 0 Å². The third kappa shape index (κ3) is 3.10. The Morgan fingerprint density at radius 2 is 1.88 bits per heavy atom. The monoisotopic (exact) mass is 339 g/mol. The average molecular weight is 339 g/mol. The Morgan fingerprint density at radius 3 is 2.36 bits per heavy atom. The summed E-state index contributed by atoms with van der Waals surface area (Å²) >= 11 is 0. The van der Waals surface area contributed by atoms with Crippen LogP contribution in [0.4, 0.5) is 17.5 Å². The molecule has 2 rings (SSSR count). The average Bonchev–Trinajstić information content (AvgIpc) is 3.03.